The van der Waals surface area contributed by atoms with Crippen molar-refractivity contribution in [3.8, 4) is 0 Å². The van der Waals surface area contributed by atoms with E-state index in [0.29, 0.717) is 6.54 Å². The van der Waals surface area contributed by atoms with Gasteiger partial charge >= 0.3 is 0 Å². The van der Waals surface area contributed by atoms with Crippen LogP contribution in [0.1, 0.15) is 19.8 Å². The largest absolute Gasteiger partial charge is 0.355 e. The van der Waals surface area contributed by atoms with E-state index in [4.69, 9.17) is 0 Å². The smallest absolute Gasteiger partial charge is 0.234 e. The van der Waals surface area contributed by atoms with Gasteiger partial charge in [0.2, 0.25) is 5.91 Å². The van der Waals surface area contributed by atoms with Crippen LogP contribution in [-0.2, 0) is 4.79 Å². The van der Waals surface area contributed by atoms with Crippen molar-refractivity contribution >= 4 is 5.91 Å². The van der Waals surface area contributed by atoms with Gasteiger partial charge in [0, 0.05) is 6.54 Å². The first-order chi connectivity index (χ1) is 5.33. The molecule has 3 heteroatoms. The van der Waals surface area contributed by atoms with Crippen molar-refractivity contribution in [2.75, 3.05) is 26.2 Å². The van der Waals surface area contributed by atoms with Gasteiger partial charge in [-0.2, -0.15) is 0 Å². The number of carbonyl (C=O) groups is 1. The van der Waals surface area contributed by atoms with Crippen LogP contribution in [-0.4, -0.2) is 37.0 Å². The summed E-state index contributed by atoms with van der Waals surface area (Å²) >= 11 is 0. The van der Waals surface area contributed by atoms with Gasteiger partial charge in [0.05, 0.1) is 6.54 Å². The van der Waals surface area contributed by atoms with Crippen LogP contribution in [0.15, 0.2) is 0 Å². The first kappa shape index (κ1) is 8.53. The number of nitrogens with one attached hydrogen (secondary N) is 1. The molecule has 0 unspecified atom stereocenters. The van der Waals surface area contributed by atoms with Crippen LogP contribution in [0.4, 0.5) is 0 Å². The quantitative estimate of drug-likeness (QED) is 0.634. The Morgan fingerprint density at radius 2 is 2.09 bits per heavy atom. The summed E-state index contributed by atoms with van der Waals surface area (Å²) < 4.78 is 0. The maximum absolute atomic E-state index is 11.0. The van der Waals surface area contributed by atoms with E-state index in [2.05, 4.69) is 10.2 Å². The molecule has 0 aromatic rings. The minimum Gasteiger partial charge on any atom is -0.355 e. The van der Waals surface area contributed by atoms with E-state index in [1.165, 1.54) is 12.8 Å². The van der Waals surface area contributed by atoms with Crippen molar-refractivity contribution < 1.29 is 4.79 Å². The fraction of sp³-hybridized carbons (Fsp3) is 0.875. The molecule has 0 radical (unpaired) electrons. The van der Waals surface area contributed by atoms with Gasteiger partial charge in [0.25, 0.3) is 0 Å². The second kappa shape index (κ2) is 4.34. The average Bonchev–Trinajstić information content (AvgIpc) is 2.40. The van der Waals surface area contributed by atoms with Gasteiger partial charge in [-0.15, -0.1) is 0 Å². The molecule has 0 atom stereocenters. The van der Waals surface area contributed by atoms with E-state index in [9.17, 15) is 4.79 Å². The topological polar surface area (TPSA) is 32.3 Å². The first-order valence-electron chi connectivity index (χ1n) is 4.32. The van der Waals surface area contributed by atoms with Crippen molar-refractivity contribution in [3.63, 3.8) is 0 Å². The van der Waals surface area contributed by atoms with E-state index in [-0.39, 0.29) is 5.91 Å². The van der Waals surface area contributed by atoms with E-state index >= 15 is 0 Å². The van der Waals surface area contributed by atoms with Gasteiger partial charge in [-0.1, -0.05) is 0 Å². The normalized spacial score (nSPS) is 18.6. The lowest BCUT2D eigenvalue weighted by Gasteiger charge is -2.12. The second-order valence-corrected chi connectivity index (χ2v) is 2.94. The molecular weight excluding hydrogens is 140 g/mol. The number of amides is 1. The molecule has 0 aromatic carbocycles. The molecule has 0 aromatic heterocycles. The van der Waals surface area contributed by atoms with Gasteiger partial charge in [-0.05, 0) is 32.9 Å². The number of rotatable bonds is 3. The van der Waals surface area contributed by atoms with Crippen LogP contribution in [0.3, 0.4) is 0 Å². The van der Waals surface area contributed by atoms with Crippen molar-refractivity contribution in [1.29, 1.82) is 0 Å². The summed E-state index contributed by atoms with van der Waals surface area (Å²) in [7, 11) is 0. The van der Waals surface area contributed by atoms with E-state index in [0.717, 1.165) is 19.6 Å². The summed E-state index contributed by atoms with van der Waals surface area (Å²) in [6.45, 7) is 5.47. The third kappa shape index (κ3) is 2.89. The van der Waals surface area contributed by atoms with Crippen LogP contribution in [0.5, 0.6) is 0 Å². The zero-order valence-electron chi connectivity index (χ0n) is 7.10. The van der Waals surface area contributed by atoms with Crippen LogP contribution in [0, 0.1) is 0 Å². The summed E-state index contributed by atoms with van der Waals surface area (Å²) in [5.74, 6) is 0.161. The highest BCUT2D eigenvalue weighted by Gasteiger charge is 2.13. The summed E-state index contributed by atoms with van der Waals surface area (Å²) in [5, 5.41) is 2.79. The minimum atomic E-state index is 0.161. The van der Waals surface area contributed by atoms with E-state index in [1.807, 2.05) is 6.92 Å². The van der Waals surface area contributed by atoms with Crippen molar-refractivity contribution in [2.24, 2.45) is 0 Å². The maximum atomic E-state index is 11.0. The van der Waals surface area contributed by atoms with Gasteiger partial charge in [-0.3, -0.25) is 9.69 Å². The first-order valence-corrected chi connectivity index (χ1v) is 4.32. The van der Waals surface area contributed by atoms with Gasteiger partial charge < -0.3 is 5.32 Å². The van der Waals surface area contributed by atoms with Crippen LogP contribution in [0.2, 0.25) is 0 Å². The van der Waals surface area contributed by atoms with Crippen molar-refractivity contribution in [1.82, 2.24) is 10.2 Å². The van der Waals surface area contributed by atoms with Crippen molar-refractivity contribution in [2.45, 2.75) is 19.8 Å². The standard InChI is InChI=1S/C8H16N2O/c1-2-9-8(11)7-10-5-3-4-6-10/h2-7H2,1H3,(H,9,11). The van der Waals surface area contributed by atoms with Gasteiger partial charge in [0.1, 0.15) is 0 Å². The molecule has 1 aliphatic heterocycles. The summed E-state index contributed by atoms with van der Waals surface area (Å²) in [6, 6.07) is 0. The highest BCUT2D eigenvalue weighted by atomic mass is 16.2. The molecule has 1 rings (SSSR count). The van der Waals surface area contributed by atoms with Crippen LogP contribution in [0.25, 0.3) is 0 Å². The number of likely N-dealkylation sites (tertiary alicyclic amines) is 1. The predicted molar refractivity (Wildman–Crippen MR) is 44.4 cm³/mol. The summed E-state index contributed by atoms with van der Waals surface area (Å²) in [6.07, 6.45) is 2.50. The molecule has 0 spiro atoms. The molecule has 1 saturated heterocycles. The summed E-state index contributed by atoms with van der Waals surface area (Å²) in [4.78, 5) is 13.2. The Bertz CT molecular complexity index is 130. The van der Waals surface area contributed by atoms with E-state index in [1.54, 1.807) is 0 Å². The summed E-state index contributed by atoms with van der Waals surface area (Å²) in [5.41, 5.74) is 0. The lowest BCUT2D eigenvalue weighted by molar-refractivity contribution is -0.121. The molecule has 11 heavy (non-hydrogen) atoms. The third-order valence-electron chi connectivity index (χ3n) is 1.94. The highest BCUT2D eigenvalue weighted by Crippen LogP contribution is 2.05. The fourth-order valence-electron chi connectivity index (χ4n) is 1.40. The van der Waals surface area contributed by atoms with E-state index < -0.39 is 0 Å². The SMILES string of the molecule is CCNC(=O)CN1CCCC1. The number of hydrogen-bond acceptors (Lipinski definition) is 2. The van der Waals surface area contributed by atoms with Crippen LogP contribution >= 0.6 is 0 Å². The monoisotopic (exact) mass is 156 g/mol. The average molecular weight is 156 g/mol. The van der Waals surface area contributed by atoms with Gasteiger partial charge in [0.15, 0.2) is 0 Å². The molecular formula is C8H16N2O. The highest BCUT2D eigenvalue weighted by molar-refractivity contribution is 5.77. The minimum absolute atomic E-state index is 0.161. The lowest BCUT2D eigenvalue weighted by atomic mass is 10.4. The van der Waals surface area contributed by atoms with Crippen molar-refractivity contribution in [3.05, 3.63) is 0 Å². The lowest BCUT2D eigenvalue weighted by Crippen LogP contribution is -2.35. The Morgan fingerprint density at radius 3 is 2.64 bits per heavy atom. The molecule has 1 aliphatic rings. The molecule has 0 saturated carbocycles. The number of carbonyl (C=O) groups excluding carboxylic acids is 1. The Labute approximate surface area is 67.8 Å². The van der Waals surface area contributed by atoms with Crippen LogP contribution < -0.4 is 5.32 Å². The molecule has 1 heterocycles. The Kier molecular flexibility index (Phi) is 3.36. The molecule has 64 valence electrons. The zero-order valence-corrected chi connectivity index (χ0v) is 7.10. The number of likely N-dealkylation sites (N-methyl/N-ethyl adjacent to an activating group) is 1. The molecule has 3 nitrogen and oxygen atoms in total. The number of nitrogens with zero attached hydrogens (tertiary/aromatic N) is 1. The zero-order chi connectivity index (χ0) is 8.10. The Hall–Kier alpha value is -0.570. The third-order valence-corrected chi connectivity index (χ3v) is 1.94. The Balaban J connectivity index is 2.13. The molecule has 1 N–H and O–H groups in total. The fourth-order valence-corrected chi connectivity index (χ4v) is 1.40. The van der Waals surface area contributed by atoms with Gasteiger partial charge in [-0.25, -0.2) is 0 Å². The molecule has 1 fully saturated rings. The molecule has 0 aliphatic carbocycles. The predicted octanol–water partition coefficient (Wildman–Crippen LogP) is 0.218. The molecule has 0 bridgehead atoms. The molecule has 1 amide bonds. The number of hydrogen-bond donors (Lipinski definition) is 1. The second-order valence-electron chi connectivity index (χ2n) is 2.94. The maximum Gasteiger partial charge on any atom is 0.234 e. The Morgan fingerprint density at radius 1 is 1.45 bits per heavy atom.